The van der Waals surface area contributed by atoms with E-state index in [9.17, 15) is 10.1 Å². The predicted octanol–water partition coefficient (Wildman–Crippen LogP) is 2.19. The van der Waals surface area contributed by atoms with Crippen LogP contribution in [0.1, 0.15) is 23.1 Å². The molecule has 0 bridgehead atoms. The van der Waals surface area contributed by atoms with E-state index in [2.05, 4.69) is 22.0 Å². The number of nitriles is 1. The van der Waals surface area contributed by atoms with Gasteiger partial charge < -0.3 is 4.90 Å². The van der Waals surface area contributed by atoms with Gasteiger partial charge in [-0.05, 0) is 23.3 Å². The van der Waals surface area contributed by atoms with E-state index < -0.39 is 0 Å². The van der Waals surface area contributed by atoms with Gasteiger partial charge in [0.15, 0.2) is 0 Å². The van der Waals surface area contributed by atoms with E-state index in [0.717, 1.165) is 30.8 Å². The highest BCUT2D eigenvalue weighted by Crippen LogP contribution is 2.15. The van der Waals surface area contributed by atoms with Crippen molar-refractivity contribution in [1.29, 1.82) is 5.26 Å². The molecule has 1 fully saturated rings. The van der Waals surface area contributed by atoms with E-state index in [-0.39, 0.29) is 5.91 Å². The van der Waals surface area contributed by atoms with Gasteiger partial charge in [0, 0.05) is 51.5 Å². The molecule has 0 atom stereocenters. The van der Waals surface area contributed by atoms with Crippen LogP contribution in [0.15, 0.2) is 48.8 Å². The molecule has 1 aromatic heterocycles. The van der Waals surface area contributed by atoms with E-state index in [0.29, 0.717) is 25.1 Å². The molecule has 0 N–H and O–H groups in total. The Balaban J connectivity index is 1.64. The van der Waals surface area contributed by atoms with Crippen molar-refractivity contribution in [2.75, 3.05) is 19.6 Å². The SMILES string of the molecule is N#Cc1ccccc1CN1CCN(Cc2cccnc2)CCC1=O. The predicted molar refractivity (Wildman–Crippen MR) is 90.7 cm³/mol. The van der Waals surface area contributed by atoms with Crippen molar-refractivity contribution < 1.29 is 4.79 Å². The standard InChI is InChI=1S/C19H20N4O/c20-12-17-5-1-2-6-18(17)15-23-11-10-22(9-7-19(23)24)14-16-4-3-8-21-13-16/h1-6,8,13H,7,9-11,14-15H2. The van der Waals surface area contributed by atoms with Crippen molar-refractivity contribution in [2.24, 2.45) is 0 Å². The summed E-state index contributed by atoms with van der Waals surface area (Å²) < 4.78 is 0. The topological polar surface area (TPSA) is 60.2 Å². The normalized spacial score (nSPS) is 15.8. The highest BCUT2D eigenvalue weighted by atomic mass is 16.2. The fraction of sp³-hybridized carbons (Fsp3) is 0.316. The number of hydrogen-bond acceptors (Lipinski definition) is 4. The minimum atomic E-state index is 0.149. The number of pyridine rings is 1. The molecule has 5 heteroatoms. The van der Waals surface area contributed by atoms with Gasteiger partial charge in [0.25, 0.3) is 0 Å². The van der Waals surface area contributed by atoms with Crippen LogP contribution in [0.3, 0.4) is 0 Å². The molecule has 0 radical (unpaired) electrons. The average molecular weight is 320 g/mol. The van der Waals surface area contributed by atoms with Gasteiger partial charge in [0.05, 0.1) is 11.6 Å². The monoisotopic (exact) mass is 320 g/mol. The fourth-order valence-electron chi connectivity index (χ4n) is 2.96. The molecule has 5 nitrogen and oxygen atoms in total. The third-order valence-corrected chi connectivity index (χ3v) is 4.31. The lowest BCUT2D eigenvalue weighted by molar-refractivity contribution is -0.130. The first-order chi connectivity index (χ1) is 11.8. The minimum absolute atomic E-state index is 0.149. The molecular weight excluding hydrogens is 300 g/mol. The van der Waals surface area contributed by atoms with Crippen molar-refractivity contribution in [2.45, 2.75) is 19.5 Å². The Bertz CT molecular complexity index is 739. The van der Waals surface area contributed by atoms with Crippen LogP contribution in [0.5, 0.6) is 0 Å². The highest BCUT2D eigenvalue weighted by molar-refractivity contribution is 5.76. The third kappa shape index (κ3) is 3.98. The molecule has 24 heavy (non-hydrogen) atoms. The second-order valence-corrected chi connectivity index (χ2v) is 5.97. The smallest absolute Gasteiger partial charge is 0.224 e. The van der Waals surface area contributed by atoms with Crippen LogP contribution in [0.25, 0.3) is 0 Å². The van der Waals surface area contributed by atoms with Crippen molar-refractivity contribution in [3.05, 3.63) is 65.5 Å². The van der Waals surface area contributed by atoms with Crippen molar-refractivity contribution in [1.82, 2.24) is 14.8 Å². The summed E-state index contributed by atoms with van der Waals surface area (Å²) in [5, 5.41) is 9.21. The quantitative estimate of drug-likeness (QED) is 0.866. The maximum absolute atomic E-state index is 12.4. The summed E-state index contributed by atoms with van der Waals surface area (Å²) in [6.07, 6.45) is 4.15. The molecule has 1 amide bonds. The molecule has 0 spiro atoms. The average Bonchev–Trinajstić information content (AvgIpc) is 2.79. The second-order valence-electron chi connectivity index (χ2n) is 5.97. The Morgan fingerprint density at radius 2 is 1.96 bits per heavy atom. The zero-order valence-corrected chi connectivity index (χ0v) is 13.6. The van der Waals surface area contributed by atoms with Crippen LogP contribution < -0.4 is 0 Å². The Hall–Kier alpha value is -2.71. The molecule has 3 rings (SSSR count). The van der Waals surface area contributed by atoms with Gasteiger partial charge in [-0.3, -0.25) is 14.7 Å². The molecule has 2 heterocycles. The maximum atomic E-state index is 12.4. The number of aromatic nitrogens is 1. The summed E-state index contributed by atoms with van der Waals surface area (Å²) in [5.74, 6) is 0.149. The zero-order valence-electron chi connectivity index (χ0n) is 13.6. The van der Waals surface area contributed by atoms with Crippen LogP contribution in [0.2, 0.25) is 0 Å². The van der Waals surface area contributed by atoms with Crippen LogP contribution in [0, 0.1) is 11.3 Å². The van der Waals surface area contributed by atoms with Crippen molar-refractivity contribution in [3.8, 4) is 6.07 Å². The molecule has 2 aromatic rings. The first kappa shape index (κ1) is 16.2. The lowest BCUT2D eigenvalue weighted by atomic mass is 10.1. The van der Waals surface area contributed by atoms with E-state index >= 15 is 0 Å². The molecule has 1 aliphatic heterocycles. The number of carbonyl (C=O) groups is 1. The van der Waals surface area contributed by atoms with Gasteiger partial charge in [0.1, 0.15) is 0 Å². The van der Waals surface area contributed by atoms with Crippen LogP contribution >= 0.6 is 0 Å². The first-order valence-electron chi connectivity index (χ1n) is 8.13. The van der Waals surface area contributed by atoms with Gasteiger partial charge in [-0.25, -0.2) is 0 Å². The summed E-state index contributed by atoms with van der Waals surface area (Å²) in [6, 6.07) is 13.7. The molecule has 1 aliphatic rings. The van der Waals surface area contributed by atoms with Gasteiger partial charge in [0.2, 0.25) is 5.91 Å². The Kier molecular flexibility index (Phi) is 5.19. The van der Waals surface area contributed by atoms with E-state index in [4.69, 9.17) is 0 Å². The molecule has 0 unspecified atom stereocenters. The van der Waals surface area contributed by atoms with E-state index in [1.807, 2.05) is 35.4 Å². The van der Waals surface area contributed by atoms with Crippen LogP contribution in [-0.4, -0.2) is 40.3 Å². The Morgan fingerprint density at radius 1 is 1.08 bits per heavy atom. The third-order valence-electron chi connectivity index (χ3n) is 4.31. The fourth-order valence-corrected chi connectivity index (χ4v) is 2.96. The van der Waals surface area contributed by atoms with Crippen LogP contribution in [-0.2, 0) is 17.9 Å². The largest absolute Gasteiger partial charge is 0.337 e. The number of nitrogens with zero attached hydrogens (tertiary/aromatic N) is 4. The van der Waals surface area contributed by atoms with Crippen LogP contribution in [0.4, 0.5) is 0 Å². The van der Waals surface area contributed by atoms with Gasteiger partial charge in [-0.2, -0.15) is 5.26 Å². The number of hydrogen-bond donors (Lipinski definition) is 0. The molecule has 1 saturated heterocycles. The number of benzene rings is 1. The summed E-state index contributed by atoms with van der Waals surface area (Å²) in [4.78, 5) is 20.7. The number of amides is 1. The summed E-state index contributed by atoms with van der Waals surface area (Å²) in [6.45, 7) is 3.57. The summed E-state index contributed by atoms with van der Waals surface area (Å²) in [7, 11) is 0. The summed E-state index contributed by atoms with van der Waals surface area (Å²) >= 11 is 0. The highest BCUT2D eigenvalue weighted by Gasteiger charge is 2.21. The zero-order chi connectivity index (χ0) is 16.8. The maximum Gasteiger partial charge on any atom is 0.224 e. The Morgan fingerprint density at radius 3 is 2.75 bits per heavy atom. The van der Waals surface area contributed by atoms with E-state index in [1.165, 1.54) is 0 Å². The number of carbonyl (C=O) groups excluding carboxylic acids is 1. The molecule has 0 saturated carbocycles. The lowest BCUT2D eigenvalue weighted by Gasteiger charge is -2.22. The summed E-state index contributed by atoms with van der Waals surface area (Å²) in [5.41, 5.74) is 2.71. The lowest BCUT2D eigenvalue weighted by Crippen LogP contribution is -2.33. The Labute approximate surface area is 142 Å². The van der Waals surface area contributed by atoms with Crippen molar-refractivity contribution >= 4 is 5.91 Å². The van der Waals surface area contributed by atoms with Gasteiger partial charge in [-0.1, -0.05) is 24.3 Å². The molecule has 1 aromatic carbocycles. The minimum Gasteiger partial charge on any atom is -0.337 e. The number of rotatable bonds is 4. The molecular formula is C19H20N4O. The van der Waals surface area contributed by atoms with Crippen molar-refractivity contribution in [3.63, 3.8) is 0 Å². The first-order valence-corrected chi connectivity index (χ1v) is 8.13. The molecule has 0 aliphatic carbocycles. The second kappa shape index (κ2) is 7.71. The van der Waals surface area contributed by atoms with Gasteiger partial charge >= 0.3 is 0 Å². The van der Waals surface area contributed by atoms with E-state index in [1.54, 1.807) is 12.3 Å². The molecule has 122 valence electrons. The van der Waals surface area contributed by atoms with Gasteiger partial charge in [-0.15, -0.1) is 0 Å².